The van der Waals surface area contributed by atoms with Crippen LogP contribution in [0.3, 0.4) is 0 Å². The van der Waals surface area contributed by atoms with E-state index in [0.717, 1.165) is 36.6 Å². The van der Waals surface area contributed by atoms with Crippen molar-refractivity contribution < 1.29 is 9.23 Å². The van der Waals surface area contributed by atoms with Gasteiger partial charge in [-0.3, -0.25) is 0 Å². The number of guanidine groups is 1. The van der Waals surface area contributed by atoms with Gasteiger partial charge in [0.1, 0.15) is 18.0 Å². The van der Waals surface area contributed by atoms with E-state index in [-0.39, 0.29) is 12.0 Å². The first-order valence-corrected chi connectivity index (χ1v) is 9.58. The number of nitrogens with one attached hydrogen (secondary N) is 1. The molecule has 2 aromatic rings. The normalized spacial score (nSPS) is 23.3. The Morgan fingerprint density at radius 1 is 1.12 bits per heavy atom. The molecule has 9 heteroatoms. The molecule has 1 aromatic heterocycles. The number of hydrogen-bond donors (Lipinski definition) is 1. The highest BCUT2D eigenvalue weighted by Crippen LogP contribution is 2.36. The second-order valence-corrected chi connectivity index (χ2v) is 7.68. The molecule has 0 amide bonds. The Hall–Kier alpha value is -2.00. The number of hydrogen-bond acceptors (Lipinski definition) is 7. The van der Waals surface area contributed by atoms with Crippen molar-refractivity contribution in [1.82, 2.24) is 20.3 Å². The van der Waals surface area contributed by atoms with Crippen LogP contribution < -0.4 is 10.4 Å². The second-order valence-electron chi connectivity index (χ2n) is 6.82. The van der Waals surface area contributed by atoms with Crippen molar-refractivity contribution in [3.8, 4) is 0 Å². The maximum absolute atomic E-state index is 14.4. The molecule has 0 spiro atoms. The van der Waals surface area contributed by atoms with Crippen molar-refractivity contribution in [2.75, 3.05) is 31.1 Å². The number of piperazine rings is 1. The molecule has 1 aromatic carbocycles. The maximum Gasteiger partial charge on any atom is 0.221 e. The van der Waals surface area contributed by atoms with Crippen LogP contribution in [0.1, 0.15) is 12.8 Å². The van der Waals surface area contributed by atoms with Gasteiger partial charge in [-0.1, -0.05) is 0 Å². The zero-order chi connectivity index (χ0) is 17.7. The molecule has 26 heavy (non-hydrogen) atoms. The van der Waals surface area contributed by atoms with Gasteiger partial charge in [0, 0.05) is 36.6 Å². The summed E-state index contributed by atoms with van der Waals surface area (Å²) in [7, 11) is 0. The first-order valence-electron chi connectivity index (χ1n) is 8.79. The summed E-state index contributed by atoms with van der Waals surface area (Å²) in [6.07, 6.45) is 3.84. The fourth-order valence-corrected chi connectivity index (χ4v) is 3.90. The van der Waals surface area contributed by atoms with Crippen molar-refractivity contribution in [3.63, 3.8) is 0 Å². The van der Waals surface area contributed by atoms with Crippen LogP contribution in [0.15, 0.2) is 27.9 Å². The van der Waals surface area contributed by atoms with Crippen LogP contribution >= 0.6 is 15.9 Å². The lowest BCUT2D eigenvalue weighted by Gasteiger charge is -2.36. The lowest BCUT2D eigenvalue weighted by molar-refractivity contribution is 0.0218. The average Bonchev–Trinajstić information content (AvgIpc) is 3.41. The van der Waals surface area contributed by atoms with Crippen LogP contribution in [0.25, 0.3) is 10.9 Å². The van der Waals surface area contributed by atoms with Crippen LogP contribution in [0.4, 0.5) is 10.2 Å². The number of aromatic nitrogens is 2. The van der Waals surface area contributed by atoms with Gasteiger partial charge in [0.15, 0.2) is 6.23 Å². The van der Waals surface area contributed by atoms with Crippen molar-refractivity contribution in [3.05, 3.63) is 28.7 Å². The zero-order valence-corrected chi connectivity index (χ0v) is 15.6. The van der Waals surface area contributed by atoms with Gasteiger partial charge in [-0.2, -0.15) is 0 Å². The number of benzene rings is 1. The minimum absolute atomic E-state index is 0.0414. The lowest BCUT2D eigenvalue weighted by Crippen LogP contribution is -2.51. The van der Waals surface area contributed by atoms with Gasteiger partial charge in [-0.15, -0.1) is 0 Å². The van der Waals surface area contributed by atoms with Crippen LogP contribution in [-0.4, -0.2) is 53.2 Å². The lowest BCUT2D eigenvalue weighted by atomic mass is 10.2. The first-order chi connectivity index (χ1) is 12.7. The van der Waals surface area contributed by atoms with E-state index in [1.54, 1.807) is 6.07 Å². The number of anilines is 1. The molecule has 2 fully saturated rings. The summed E-state index contributed by atoms with van der Waals surface area (Å²) < 4.78 is 15.2. The van der Waals surface area contributed by atoms with E-state index < -0.39 is 0 Å². The second kappa shape index (κ2) is 6.31. The topological polar surface area (TPSA) is 65.9 Å². The summed E-state index contributed by atoms with van der Waals surface area (Å²) in [6.45, 7) is 3.00. The fraction of sp³-hybridized carbons (Fsp3) is 0.471. The molecule has 136 valence electrons. The molecule has 2 aliphatic heterocycles. The summed E-state index contributed by atoms with van der Waals surface area (Å²) >= 11 is 3.44. The van der Waals surface area contributed by atoms with Crippen molar-refractivity contribution in [2.24, 2.45) is 10.9 Å². The molecule has 1 aliphatic carbocycles. The van der Waals surface area contributed by atoms with E-state index in [0.29, 0.717) is 22.6 Å². The molecule has 0 radical (unpaired) electrons. The SMILES string of the molecule is Fc1ccc(Br)c2ncnc(N3CCN(C4=NC(C5CC5)ON4)CC3)c12. The number of fused-ring (bicyclic) bond motifs is 1. The van der Waals surface area contributed by atoms with Crippen molar-refractivity contribution >= 4 is 38.6 Å². The molecule has 1 N–H and O–H groups in total. The first kappa shape index (κ1) is 16.2. The van der Waals surface area contributed by atoms with Gasteiger partial charge in [0.05, 0.1) is 10.9 Å². The Kier molecular flexibility index (Phi) is 3.93. The van der Waals surface area contributed by atoms with Gasteiger partial charge < -0.3 is 9.80 Å². The molecule has 0 bridgehead atoms. The summed E-state index contributed by atoms with van der Waals surface area (Å²) in [5.74, 6) is 1.71. The highest BCUT2D eigenvalue weighted by molar-refractivity contribution is 9.10. The molecule has 1 saturated heterocycles. The van der Waals surface area contributed by atoms with Crippen LogP contribution in [0, 0.1) is 11.7 Å². The minimum Gasteiger partial charge on any atom is -0.352 e. The van der Waals surface area contributed by atoms with Crippen molar-refractivity contribution in [1.29, 1.82) is 0 Å². The predicted octanol–water partition coefficient (Wildman–Crippen LogP) is 2.28. The molecular weight excluding hydrogens is 403 g/mol. The molecule has 1 atom stereocenters. The van der Waals surface area contributed by atoms with Crippen molar-refractivity contribution in [2.45, 2.75) is 19.1 Å². The molecule has 1 unspecified atom stereocenters. The van der Waals surface area contributed by atoms with Gasteiger partial charge in [-0.05, 0) is 40.9 Å². The molecule has 5 rings (SSSR count). The van der Waals surface area contributed by atoms with E-state index in [2.05, 4.69) is 46.2 Å². The molecule has 1 saturated carbocycles. The number of nitrogens with zero attached hydrogens (tertiary/aromatic N) is 5. The Morgan fingerprint density at radius 2 is 1.88 bits per heavy atom. The fourth-order valence-electron chi connectivity index (χ4n) is 3.47. The van der Waals surface area contributed by atoms with E-state index in [9.17, 15) is 4.39 Å². The summed E-state index contributed by atoms with van der Waals surface area (Å²) in [4.78, 5) is 23.1. The van der Waals surface area contributed by atoms with Gasteiger partial charge in [0.25, 0.3) is 0 Å². The smallest absolute Gasteiger partial charge is 0.221 e. The largest absolute Gasteiger partial charge is 0.352 e. The highest BCUT2D eigenvalue weighted by atomic mass is 79.9. The average molecular weight is 421 g/mol. The molecule has 3 heterocycles. The Bertz CT molecular complexity index is 881. The van der Waals surface area contributed by atoms with Crippen LogP contribution in [0.5, 0.6) is 0 Å². The zero-order valence-electron chi connectivity index (χ0n) is 14.0. The summed E-state index contributed by atoms with van der Waals surface area (Å²) in [5.41, 5.74) is 3.56. The number of halogens is 2. The summed E-state index contributed by atoms with van der Waals surface area (Å²) in [6, 6.07) is 3.12. The Balaban J connectivity index is 1.35. The third-order valence-electron chi connectivity index (χ3n) is 5.09. The molecular formula is C17H18BrFN6O. The number of aliphatic imine (C=N–C) groups is 1. The monoisotopic (exact) mass is 420 g/mol. The van der Waals surface area contributed by atoms with Gasteiger partial charge >= 0.3 is 0 Å². The maximum atomic E-state index is 14.4. The predicted molar refractivity (Wildman–Crippen MR) is 99.1 cm³/mol. The van der Waals surface area contributed by atoms with E-state index >= 15 is 0 Å². The Labute approximate surface area is 158 Å². The minimum atomic E-state index is -0.302. The van der Waals surface area contributed by atoms with Crippen LogP contribution in [-0.2, 0) is 4.84 Å². The summed E-state index contributed by atoms with van der Waals surface area (Å²) in [5, 5.41) is 0.462. The number of hydroxylamine groups is 1. The van der Waals surface area contributed by atoms with Gasteiger partial charge in [0.2, 0.25) is 5.96 Å². The standard InChI is InChI=1S/C17H18BrFN6O/c18-11-3-4-12(19)13-14(11)20-9-21-15(13)24-5-7-25(8-6-24)17-22-16(26-23-17)10-1-2-10/h3-4,9-10,16H,1-2,5-8H2,(H,22,23). The van der Waals surface area contributed by atoms with E-state index in [1.807, 2.05) is 0 Å². The third kappa shape index (κ3) is 2.79. The molecule has 3 aliphatic rings. The third-order valence-corrected chi connectivity index (χ3v) is 5.73. The van der Waals surface area contributed by atoms with E-state index in [4.69, 9.17) is 4.84 Å². The van der Waals surface area contributed by atoms with E-state index in [1.165, 1.54) is 25.2 Å². The Morgan fingerprint density at radius 3 is 2.65 bits per heavy atom. The number of rotatable bonds is 2. The van der Waals surface area contributed by atoms with Crippen LogP contribution in [0.2, 0.25) is 0 Å². The molecule has 7 nitrogen and oxygen atoms in total. The highest BCUT2D eigenvalue weighted by Gasteiger charge is 2.37. The quantitative estimate of drug-likeness (QED) is 0.803. The van der Waals surface area contributed by atoms with Gasteiger partial charge in [-0.25, -0.2) is 29.7 Å².